The van der Waals surface area contributed by atoms with E-state index >= 15 is 0 Å². The van der Waals surface area contributed by atoms with Crippen molar-refractivity contribution >= 4 is 10.1 Å². The fraction of sp³-hybridized carbons (Fsp3) is 0.684. The van der Waals surface area contributed by atoms with E-state index in [1.165, 1.54) is 12.1 Å². The predicted octanol–water partition coefficient (Wildman–Crippen LogP) is 2.10. The van der Waals surface area contributed by atoms with Crippen molar-refractivity contribution in [3.63, 3.8) is 0 Å². The Morgan fingerprint density at radius 3 is 2.25 bits per heavy atom. The van der Waals surface area contributed by atoms with E-state index in [1.54, 1.807) is 39.8 Å². The van der Waals surface area contributed by atoms with Crippen molar-refractivity contribution in [3.8, 4) is 0 Å². The summed E-state index contributed by atoms with van der Waals surface area (Å²) in [5.41, 5.74) is 0.953. The Balaban J connectivity index is 1.61. The van der Waals surface area contributed by atoms with Gasteiger partial charge in [0.2, 0.25) is 0 Å². The van der Waals surface area contributed by atoms with Gasteiger partial charge in [0.15, 0.2) is 17.9 Å². The van der Waals surface area contributed by atoms with Crippen molar-refractivity contribution in [2.75, 3.05) is 6.61 Å². The fourth-order valence-electron chi connectivity index (χ4n) is 3.70. The number of aryl methyl sites for hydroxylation is 1. The molecule has 8 nitrogen and oxygen atoms in total. The third-order valence-electron chi connectivity index (χ3n) is 4.97. The highest BCUT2D eigenvalue weighted by Crippen LogP contribution is 2.42. The van der Waals surface area contributed by atoms with Gasteiger partial charge in [0.25, 0.3) is 10.1 Å². The summed E-state index contributed by atoms with van der Waals surface area (Å²) in [4.78, 5) is 0.0717. The first-order valence-electron chi connectivity index (χ1n) is 9.29. The first-order chi connectivity index (χ1) is 13.0. The first kappa shape index (κ1) is 20.2. The van der Waals surface area contributed by atoms with Crippen LogP contribution >= 0.6 is 0 Å². The maximum Gasteiger partial charge on any atom is 0.297 e. The van der Waals surface area contributed by atoms with E-state index in [-0.39, 0.29) is 11.5 Å². The summed E-state index contributed by atoms with van der Waals surface area (Å²) in [6.07, 6.45) is -3.60. The van der Waals surface area contributed by atoms with Crippen LogP contribution in [0, 0.1) is 6.92 Å². The third-order valence-corrected chi connectivity index (χ3v) is 6.30. The second-order valence-electron chi connectivity index (χ2n) is 8.26. The molecule has 3 aliphatic rings. The van der Waals surface area contributed by atoms with Gasteiger partial charge in [-0.25, -0.2) is 0 Å². The molecule has 9 heteroatoms. The number of rotatable bonds is 4. The predicted molar refractivity (Wildman–Crippen MR) is 96.8 cm³/mol. The highest BCUT2D eigenvalue weighted by Gasteiger charge is 2.60. The SMILES string of the molecule is Cc1ccc(S(=O)(=O)OC2[C@@H](C3COC(C)(C)O3)O[C@@H]3OC(C)(C)O[C@@H]23)cc1. The first-order valence-corrected chi connectivity index (χ1v) is 10.7. The van der Waals surface area contributed by atoms with Gasteiger partial charge in [0, 0.05) is 0 Å². The van der Waals surface area contributed by atoms with Crippen LogP contribution in [0.25, 0.3) is 0 Å². The molecule has 0 bridgehead atoms. The van der Waals surface area contributed by atoms with Crippen LogP contribution in [0.3, 0.4) is 0 Å². The minimum Gasteiger partial charge on any atom is -0.348 e. The van der Waals surface area contributed by atoms with Gasteiger partial charge in [-0.05, 0) is 46.8 Å². The quantitative estimate of drug-likeness (QED) is 0.692. The van der Waals surface area contributed by atoms with Gasteiger partial charge >= 0.3 is 0 Å². The van der Waals surface area contributed by atoms with Crippen molar-refractivity contribution in [1.82, 2.24) is 0 Å². The number of hydrogen-bond donors (Lipinski definition) is 0. The lowest BCUT2D eigenvalue weighted by atomic mass is 10.1. The maximum atomic E-state index is 12.9. The van der Waals surface area contributed by atoms with Gasteiger partial charge in [-0.1, -0.05) is 17.7 Å². The molecule has 2 unspecified atom stereocenters. The Bertz CT molecular complexity index is 832. The Morgan fingerprint density at radius 2 is 1.64 bits per heavy atom. The average molecular weight is 414 g/mol. The molecule has 0 saturated carbocycles. The highest BCUT2D eigenvalue weighted by atomic mass is 32.2. The van der Waals surface area contributed by atoms with Crippen molar-refractivity contribution in [2.24, 2.45) is 0 Å². The molecule has 3 aliphatic heterocycles. The molecule has 4 rings (SSSR count). The Labute approximate surface area is 165 Å². The molecule has 0 aliphatic carbocycles. The monoisotopic (exact) mass is 414 g/mol. The van der Waals surface area contributed by atoms with Crippen molar-refractivity contribution in [3.05, 3.63) is 29.8 Å². The molecule has 0 aromatic heterocycles. The molecule has 3 saturated heterocycles. The minimum absolute atomic E-state index is 0.0717. The largest absolute Gasteiger partial charge is 0.348 e. The maximum absolute atomic E-state index is 12.9. The van der Waals surface area contributed by atoms with Crippen LogP contribution in [0.4, 0.5) is 0 Å². The molecular weight excluding hydrogens is 388 g/mol. The second-order valence-corrected chi connectivity index (χ2v) is 9.84. The molecule has 0 amide bonds. The lowest BCUT2D eigenvalue weighted by molar-refractivity contribution is -0.230. The molecule has 5 atom stereocenters. The van der Waals surface area contributed by atoms with E-state index in [2.05, 4.69) is 0 Å². The van der Waals surface area contributed by atoms with Crippen LogP contribution in [0.2, 0.25) is 0 Å². The van der Waals surface area contributed by atoms with E-state index in [1.807, 2.05) is 6.92 Å². The van der Waals surface area contributed by atoms with Crippen molar-refractivity contribution in [2.45, 2.75) is 81.8 Å². The Morgan fingerprint density at radius 1 is 0.964 bits per heavy atom. The summed E-state index contributed by atoms with van der Waals surface area (Å²) in [5.74, 6) is -1.69. The molecule has 0 N–H and O–H groups in total. The van der Waals surface area contributed by atoms with Crippen LogP contribution in [-0.2, 0) is 38.0 Å². The molecule has 3 heterocycles. The smallest absolute Gasteiger partial charge is 0.297 e. The number of benzene rings is 1. The van der Waals surface area contributed by atoms with Gasteiger partial charge in [-0.15, -0.1) is 0 Å². The molecule has 1 aromatic rings. The molecule has 1 aromatic carbocycles. The molecule has 156 valence electrons. The summed E-state index contributed by atoms with van der Waals surface area (Å²) in [7, 11) is -4.04. The molecule has 0 spiro atoms. The summed E-state index contributed by atoms with van der Waals surface area (Å²) >= 11 is 0. The number of ether oxygens (including phenoxy) is 5. The second kappa shape index (κ2) is 6.73. The molecule has 3 fully saturated rings. The van der Waals surface area contributed by atoms with Crippen LogP contribution in [-0.4, -0.2) is 57.3 Å². The van der Waals surface area contributed by atoms with E-state index in [0.717, 1.165) is 5.56 Å². The zero-order valence-electron chi connectivity index (χ0n) is 16.6. The van der Waals surface area contributed by atoms with Gasteiger partial charge in [-0.2, -0.15) is 8.42 Å². The fourth-order valence-corrected chi connectivity index (χ4v) is 4.79. The van der Waals surface area contributed by atoms with E-state index < -0.39 is 52.4 Å². The molecular formula is C19H26O8S. The van der Waals surface area contributed by atoms with Gasteiger partial charge in [0.1, 0.15) is 24.4 Å². The van der Waals surface area contributed by atoms with Gasteiger partial charge in [-0.3, -0.25) is 4.18 Å². The Hall–Kier alpha value is -1.07. The third kappa shape index (κ3) is 3.85. The number of fused-ring (bicyclic) bond motifs is 1. The van der Waals surface area contributed by atoms with Crippen LogP contribution < -0.4 is 0 Å². The van der Waals surface area contributed by atoms with Gasteiger partial charge < -0.3 is 23.7 Å². The highest BCUT2D eigenvalue weighted by molar-refractivity contribution is 7.86. The topological polar surface area (TPSA) is 89.5 Å². The minimum atomic E-state index is -4.04. The summed E-state index contributed by atoms with van der Waals surface area (Å²) in [6, 6.07) is 6.47. The van der Waals surface area contributed by atoms with Crippen LogP contribution in [0.5, 0.6) is 0 Å². The molecule has 0 radical (unpaired) electrons. The van der Waals surface area contributed by atoms with E-state index in [9.17, 15) is 8.42 Å². The number of hydrogen-bond acceptors (Lipinski definition) is 8. The van der Waals surface area contributed by atoms with Crippen LogP contribution in [0.15, 0.2) is 29.2 Å². The summed E-state index contributed by atoms with van der Waals surface area (Å²) in [5, 5.41) is 0. The Kier molecular flexibility index (Phi) is 4.86. The van der Waals surface area contributed by atoms with Crippen molar-refractivity contribution < 1.29 is 36.3 Å². The van der Waals surface area contributed by atoms with Crippen LogP contribution in [0.1, 0.15) is 33.3 Å². The normalized spacial score (nSPS) is 36.5. The van der Waals surface area contributed by atoms with Gasteiger partial charge in [0.05, 0.1) is 11.5 Å². The van der Waals surface area contributed by atoms with E-state index in [4.69, 9.17) is 27.9 Å². The lowest BCUT2D eigenvalue weighted by Gasteiger charge is -2.28. The average Bonchev–Trinajstić information content (AvgIpc) is 3.18. The van der Waals surface area contributed by atoms with E-state index in [0.29, 0.717) is 0 Å². The standard InChI is InChI=1S/C19H26O8S/c1-11-6-8-12(9-7-11)28(20,21)27-15-14(13-10-22-18(2,3)24-13)23-17-16(15)25-19(4,5)26-17/h6-9,13-17H,10H2,1-5H3/t13?,14-,15?,16+,17-/m1/s1. The van der Waals surface area contributed by atoms with Crippen molar-refractivity contribution in [1.29, 1.82) is 0 Å². The molecule has 28 heavy (non-hydrogen) atoms. The zero-order valence-corrected chi connectivity index (χ0v) is 17.4. The lowest BCUT2D eigenvalue weighted by Crippen LogP contribution is -2.45. The summed E-state index contributed by atoms with van der Waals surface area (Å²) in [6.45, 7) is 9.20. The summed E-state index contributed by atoms with van der Waals surface area (Å²) < 4.78 is 60.5. The zero-order chi connectivity index (χ0) is 20.3.